The molecule has 0 unspecified atom stereocenters. The summed E-state index contributed by atoms with van der Waals surface area (Å²) in [4.78, 5) is 2.56. The highest BCUT2D eigenvalue weighted by Gasteiger charge is 2.10. The number of hydrogen-bond acceptors (Lipinski definition) is 2. The summed E-state index contributed by atoms with van der Waals surface area (Å²) < 4.78 is 0. The van der Waals surface area contributed by atoms with Gasteiger partial charge in [-0.2, -0.15) is 0 Å². The Hall–Kier alpha value is -0.0800. The topological polar surface area (TPSA) is 15.3 Å². The monoisotopic (exact) mass is 184 g/mol. The molecule has 1 aliphatic rings. The molecule has 2 heteroatoms. The van der Waals surface area contributed by atoms with E-state index in [1.807, 2.05) is 0 Å². The smallest absolute Gasteiger partial charge is 0.0107 e. The number of hydrogen-bond donors (Lipinski definition) is 1. The molecule has 0 aliphatic carbocycles. The lowest BCUT2D eigenvalue weighted by molar-refractivity contribution is 0.324. The molecule has 0 aromatic carbocycles. The molecule has 0 aromatic rings. The lowest BCUT2D eigenvalue weighted by atomic mass is 10.2. The second-order valence-electron chi connectivity index (χ2n) is 4.02. The quantitative estimate of drug-likeness (QED) is 0.678. The van der Waals surface area contributed by atoms with Gasteiger partial charge in [0.05, 0.1) is 0 Å². The average Bonchev–Trinajstić information content (AvgIpc) is 2.65. The molecule has 1 saturated heterocycles. The van der Waals surface area contributed by atoms with Crippen molar-refractivity contribution in [2.24, 2.45) is 0 Å². The fourth-order valence-electron chi connectivity index (χ4n) is 2.01. The van der Waals surface area contributed by atoms with Gasteiger partial charge in [0, 0.05) is 19.1 Å². The van der Waals surface area contributed by atoms with E-state index in [1.165, 1.54) is 51.9 Å². The largest absolute Gasteiger partial charge is 0.313 e. The van der Waals surface area contributed by atoms with Crippen molar-refractivity contribution in [1.29, 1.82) is 0 Å². The summed E-state index contributed by atoms with van der Waals surface area (Å²) in [5.41, 5.74) is 0. The molecule has 0 radical (unpaired) electrons. The molecule has 1 fully saturated rings. The van der Waals surface area contributed by atoms with Gasteiger partial charge in [0.2, 0.25) is 0 Å². The van der Waals surface area contributed by atoms with Gasteiger partial charge in [-0.05, 0) is 38.8 Å². The predicted molar refractivity (Wildman–Crippen MR) is 58.0 cm³/mol. The van der Waals surface area contributed by atoms with Crippen molar-refractivity contribution in [1.82, 2.24) is 10.2 Å². The zero-order valence-electron chi connectivity index (χ0n) is 9.18. The van der Waals surface area contributed by atoms with E-state index >= 15 is 0 Å². The van der Waals surface area contributed by atoms with Crippen LogP contribution in [0.2, 0.25) is 0 Å². The Balaban J connectivity index is 1.98. The molecule has 13 heavy (non-hydrogen) atoms. The maximum absolute atomic E-state index is 3.60. The van der Waals surface area contributed by atoms with E-state index in [9.17, 15) is 0 Å². The molecular formula is C11H24N2. The maximum atomic E-state index is 3.60. The molecule has 78 valence electrons. The van der Waals surface area contributed by atoms with Crippen LogP contribution < -0.4 is 5.32 Å². The first-order valence-corrected chi connectivity index (χ1v) is 5.82. The molecule has 0 amide bonds. The lowest BCUT2D eigenvalue weighted by Crippen LogP contribution is -2.35. The summed E-state index contributed by atoms with van der Waals surface area (Å²) in [6.45, 7) is 9.59. The fraction of sp³-hybridized carbons (Fsp3) is 1.00. The summed E-state index contributed by atoms with van der Waals surface area (Å²) in [6, 6.07) is 0.739. The second-order valence-corrected chi connectivity index (χ2v) is 4.02. The molecule has 0 aromatic heterocycles. The van der Waals surface area contributed by atoms with E-state index in [4.69, 9.17) is 0 Å². The molecule has 1 aliphatic heterocycles. The first-order chi connectivity index (χ1) is 6.36. The van der Waals surface area contributed by atoms with E-state index in [-0.39, 0.29) is 0 Å². The SMILES string of the molecule is CCC(CC)NCCN1CCCC1. The third kappa shape index (κ3) is 4.10. The number of nitrogens with one attached hydrogen (secondary N) is 1. The summed E-state index contributed by atoms with van der Waals surface area (Å²) in [6.07, 6.45) is 5.34. The molecule has 0 saturated carbocycles. The third-order valence-electron chi connectivity index (χ3n) is 3.05. The van der Waals surface area contributed by atoms with E-state index in [2.05, 4.69) is 24.1 Å². The molecule has 0 spiro atoms. The molecule has 0 bridgehead atoms. The van der Waals surface area contributed by atoms with E-state index < -0.39 is 0 Å². The van der Waals surface area contributed by atoms with Crippen molar-refractivity contribution < 1.29 is 0 Å². The van der Waals surface area contributed by atoms with Crippen LogP contribution in [-0.2, 0) is 0 Å². The van der Waals surface area contributed by atoms with Gasteiger partial charge in [-0.15, -0.1) is 0 Å². The predicted octanol–water partition coefficient (Wildman–Crippen LogP) is 1.86. The van der Waals surface area contributed by atoms with Gasteiger partial charge in [-0.1, -0.05) is 13.8 Å². The van der Waals surface area contributed by atoms with E-state index in [0.717, 1.165) is 6.04 Å². The van der Waals surface area contributed by atoms with Gasteiger partial charge in [0.15, 0.2) is 0 Å². The molecule has 0 atom stereocenters. The number of nitrogens with zero attached hydrogens (tertiary/aromatic N) is 1. The highest BCUT2D eigenvalue weighted by molar-refractivity contribution is 4.69. The molecule has 1 heterocycles. The van der Waals surface area contributed by atoms with Crippen LogP contribution >= 0.6 is 0 Å². The second kappa shape index (κ2) is 6.39. The number of rotatable bonds is 6. The van der Waals surface area contributed by atoms with Crippen molar-refractivity contribution >= 4 is 0 Å². The van der Waals surface area contributed by atoms with Crippen LogP contribution in [0.1, 0.15) is 39.5 Å². The van der Waals surface area contributed by atoms with Crippen molar-refractivity contribution in [3.63, 3.8) is 0 Å². The maximum Gasteiger partial charge on any atom is 0.0107 e. The van der Waals surface area contributed by atoms with Crippen LogP contribution in [0.15, 0.2) is 0 Å². The minimum Gasteiger partial charge on any atom is -0.313 e. The van der Waals surface area contributed by atoms with Crippen LogP contribution in [0.25, 0.3) is 0 Å². The van der Waals surface area contributed by atoms with Crippen molar-refractivity contribution in [2.45, 2.75) is 45.6 Å². The van der Waals surface area contributed by atoms with Gasteiger partial charge in [-0.25, -0.2) is 0 Å². The molecule has 1 rings (SSSR count). The Morgan fingerprint density at radius 1 is 1.15 bits per heavy atom. The normalized spacial score (nSPS) is 18.7. The van der Waals surface area contributed by atoms with Gasteiger partial charge in [0.1, 0.15) is 0 Å². The van der Waals surface area contributed by atoms with Gasteiger partial charge in [0.25, 0.3) is 0 Å². The van der Waals surface area contributed by atoms with Crippen LogP contribution in [0.3, 0.4) is 0 Å². The molecular weight excluding hydrogens is 160 g/mol. The Labute approximate surface area is 82.7 Å². The Morgan fingerprint density at radius 3 is 2.31 bits per heavy atom. The molecule has 1 N–H and O–H groups in total. The van der Waals surface area contributed by atoms with Crippen LogP contribution in [0, 0.1) is 0 Å². The Morgan fingerprint density at radius 2 is 1.77 bits per heavy atom. The lowest BCUT2D eigenvalue weighted by Gasteiger charge is -2.18. The Bertz CT molecular complexity index is 113. The van der Waals surface area contributed by atoms with Crippen LogP contribution in [-0.4, -0.2) is 37.1 Å². The van der Waals surface area contributed by atoms with Crippen molar-refractivity contribution in [3.8, 4) is 0 Å². The fourth-order valence-corrected chi connectivity index (χ4v) is 2.01. The standard InChI is InChI=1S/C11H24N2/c1-3-11(4-2)12-7-10-13-8-5-6-9-13/h11-12H,3-10H2,1-2H3. The van der Waals surface area contributed by atoms with Gasteiger partial charge >= 0.3 is 0 Å². The van der Waals surface area contributed by atoms with Crippen molar-refractivity contribution in [3.05, 3.63) is 0 Å². The summed E-state index contributed by atoms with van der Waals surface area (Å²) in [7, 11) is 0. The summed E-state index contributed by atoms with van der Waals surface area (Å²) in [5.74, 6) is 0. The average molecular weight is 184 g/mol. The first-order valence-electron chi connectivity index (χ1n) is 5.82. The van der Waals surface area contributed by atoms with Crippen molar-refractivity contribution in [2.75, 3.05) is 26.2 Å². The summed E-state index contributed by atoms with van der Waals surface area (Å²) in [5, 5.41) is 3.60. The van der Waals surface area contributed by atoms with E-state index in [0.29, 0.717) is 0 Å². The first kappa shape index (κ1) is 11.0. The zero-order chi connectivity index (χ0) is 9.52. The zero-order valence-corrected chi connectivity index (χ0v) is 9.18. The third-order valence-corrected chi connectivity index (χ3v) is 3.05. The minimum absolute atomic E-state index is 0.739. The highest BCUT2D eigenvalue weighted by Crippen LogP contribution is 2.05. The minimum atomic E-state index is 0.739. The van der Waals surface area contributed by atoms with E-state index in [1.54, 1.807) is 0 Å². The Kier molecular flexibility index (Phi) is 5.40. The highest BCUT2D eigenvalue weighted by atomic mass is 15.2. The summed E-state index contributed by atoms with van der Waals surface area (Å²) >= 11 is 0. The van der Waals surface area contributed by atoms with Gasteiger partial charge < -0.3 is 10.2 Å². The number of likely N-dealkylation sites (tertiary alicyclic amines) is 1. The van der Waals surface area contributed by atoms with Crippen LogP contribution in [0.4, 0.5) is 0 Å². The van der Waals surface area contributed by atoms with Crippen LogP contribution in [0.5, 0.6) is 0 Å². The van der Waals surface area contributed by atoms with Gasteiger partial charge in [-0.3, -0.25) is 0 Å². The molecule has 2 nitrogen and oxygen atoms in total.